The minimum Gasteiger partial charge on any atom is -0.506 e. The van der Waals surface area contributed by atoms with Gasteiger partial charge < -0.3 is 15.0 Å². The summed E-state index contributed by atoms with van der Waals surface area (Å²) in [6, 6.07) is 4.92. The van der Waals surface area contributed by atoms with E-state index in [0.717, 1.165) is 25.7 Å². The van der Waals surface area contributed by atoms with Gasteiger partial charge in [-0.05, 0) is 31.0 Å². The molecule has 1 saturated carbocycles. The smallest absolute Gasteiger partial charge is 0.267 e. The number of aromatic nitrogens is 1. The minimum absolute atomic E-state index is 0.0652. The molecule has 3 rings (SSSR count). The van der Waals surface area contributed by atoms with Crippen LogP contribution in [-0.4, -0.2) is 21.6 Å². The molecule has 2 aromatic rings. The fraction of sp³-hybridized carbons (Fsp3) is 0.412. The van der Waals surface area contributed by atoms with Crippen LogP contribution in [-0.2, 0) is 7.05 Å². The van der Waals surface area contributed by atoms with E-state index in [0.29, 0.717) is 15.9 Å². The first-order valence-electron chi connectivity index (χ1n) is 7.81. The number of carbonyl (C=O) groups excluding carboxylic acids is 1. The maximum absolute atomic E-state index is 12.5. The molecule has 0 aliphatic heterocycles. The Morgan fingerprint density at radius 3 is 2.70 bits per heavy atom. The van der Waals surface area contributed by atoms with E-state index >= 15 is 0 Å². The predicted octanol–water partition coefficient (Wildman–Crippen LogP) is 2.96. The molecular formula is C17H19ClN2O3. The number of halogens is 1. The van der Waals surface area contributed by atoms with Crippen LogP contribution < -0.4 is 10.9 Å². The Hall–Kier alpha value is -2.01. The summed E-state index contributed by atoms with van der Waals surface area (Å²) < 4.78 is 1.36. The van der Waals surface area contributed by atoms with Gasteiger partial charge in [-0.25, -0.2) is 0 Å². The van der Waals surface area contributed by atoms with Crippen LogP contribution in [0.5, 0.6) is 5.75 Å². The molecule has 0 saturated heterocycles. The van der Waals surface area contributed by atoms with Crippen molar-refractivity contribution in [2.24, 2.45) is 7.05 Å². The minimum atomic E-state index is -0.517. The first-order valence-corrected chi connectivity index (χ1v) is 8.19. The number of nitrogens with zero attached hydrogens (tertiary/aromatic N) is 1. The van der Waals surface area contributed by atoms with E-state index in [9.17, 15) is 14.7 Å². The van der Waals surface area contributed by atoms with E-state index in [4.69, 9.17) is 11.6 Å². The fourth-order valence-corrected chi connectivity index (χ4v) is 3.38. The summed E-state index contributed by atoms with van der Waals surface area (Å²) >= 11 is 5.97. The van der Waals surface area contributed by atoms with Crippen LogP contribution in [0.4, 0.5) is 0 Å². The average molecular weight is 335 g/mol. The van der Waals surface area contributed by atoms with Crippen molar-refractivity contribution in [1.29, 1.82) is 0 Å². The van der Waals surface area contributed by atoms with Crippen molar-refractivity contribution < 1.29 is 9.90 Å². The standard InChI is InChI=1S/C17H19ClN2O3/c1-20-13-8-7-10(18)9-12(13)15(21)14(17(20)23)16(22)19-11-5-3-2-4-6-11/h7-9,11,21H,2-6H2,1H3,(H,19,22). The van der Waals surface area contributed by atoms with Crippen LogP contribution in [0.2, 0.25) is 5.02 Å². The van der Waals surface area contributed by atoms with Crippen LogP contribution in [0.3, 0.4) is 0 Å². The Morgan fingerprint density at radius 2 is 2.00 bits per heavy atom. The van der Waals surface area contributed by atoms with Crippen LogP contribution in [0.25, 0.3) is 10.9 Å². The van der Waals surface area contributed by atoms with Crippen molar-refractivity contribution in [3.05, 3.63) is 39.1 Å². The first kappa shape index (κ1) is 15.9. The van der Waals surface area contributed by atoms with Gasteiger partial charge in [0.1, 0.15) is 11.3 Å². The summed E-state index contributed by atoms with van der Waals surface area (Å²) in [6.45, 7) is 0. The van der Waals surface area contributed by atoms with E-state index in [-0.39, 0.29) is 17.4 Å². The number of hydrogen-bond donors (Lipinski definition) is 2. The van der Waals surface area contributed by atoms with Crippen molar-refractivity contribution in [2.45, 2.75) is 38.1 Å². The second-order valence-electron chi connectivity index (χ2n) is 6.06. The molecule has 1 aromatic carbocycles. The van der Waals surface area contributed by atoms with Crippen LogP contribution in [0.1, 0.15) is 42.5 Å². The van der Waals surface area contributed by atoms with Gasteiger partial charge >= 0.3 is 0 Å². The van der Waals surface area contributed by atoms with Gasteiger partial charge in [0.15, 0.2) is 0 Å². The largest absolute Gasteiger partial charge is 0.506 e. The molecule has 0 bridgehead atoms. The number of aryl methyl sites for hydroxylation is 1. The Balaban J connectivity index is 2.06. The average Bonchev–Trinajstić information content (AvgIpc) is 2.54. The van der Waals surface area contributed by atoms with Gasteiger partial charge in [0.05, 0.1) is 5.52 Å². The highest BCUT2D eigenvalue weighted by Gasteiger charge is 2.24. The van der Waals surface area contributed by atoms with Crippen LogP contribution in [0, 0.1) is 0 Å². The first-order chi connectivity index (χ1) is 11.0. The molecule has 1 aliphatic carbocycles. The SMILES string of the molecule is Cn1c(=O)c(C(=O)NC2CCCCC2)c(O)c2cc(Cl)ccc21. The Labute approximate surface area is 138 Å². The number of benzene rings is 1. The molecule has 122 valence electrons. The molecule has 5 nitrogen and oxygen atoms in total. The maximum Gasteiger partial charge on any atom is 0.267 e. The lowest BCUT2D eigenvalue weighted by molar-refractivity contribution is 0.0923. The molecular weight excluding hydrogens is 316 g/mol. The van der Waals surface area contributed by atoms with Crippen LogP contribution >= 0.6 is 11.6 Å². The maximum atomic E-state index is 12.5. The van der Waals surface area contributed by atoms with Crippen molar-refractivity contribution in [1.82, 2.24) is 9.88 Å². The van der Waals surface area contributed by atoms with Gasteiger partial charge in [0.25, 0.3) is 11.5 Å². The van der Waals surface area contributed by atoms with E-state index < -0.39 is 11.5 Å². The summed E-state index contributed by atoms with van der Waals surface area (Å²) in [5, 5.41) is 14.2. The third-order valence-corrected chi connectivity index (χ3v) is 4.73. The lowest BCUT2D eigenvalue weighted by atomic mass is 9.95. The summed E-state index contributed by atoms with van der Waals surface area (Å²) in [5.74, 6) is -0.823. The highest BCUT2D eigenvalue weighted by molar-refractivity contribution is 6.31. The van der Waals surface area contributed by atoms with Crippen molar-refractivity contribution in [3.63, 3.8) is 0 Å². The number of nitrogens with one attached hydrogen (secondary N) is 1. The van der Waals surface area contributed by atoms with Crippen molar-refractivity contribution in [3.8, 4) is 5.75 Å². The van der Waals surface area contributed by atoms with E-state index in [1.54, 1.807) is 25.2 Å². The third kappa shape index (κ3) is 2.93. The summed E-state index contributed by atoms with van der Waals surface area (Å²) in [7, 11) is 1.58. The lowest BCUT2D eigenvalue weighted by Crippen LogP contribution is -2.39. The molecule has 0 atom stereocenters. The number of carbonyl (C=O) groups is 1. The van der Waals surface area contributed by atoms with Gasteiger partial charge in [0, 0.05) is 23.5 Å². The lowest BCUT2D eigenvalue weighted by Gasteiger charge is -2.23. The highest BCUT2D eigenvalue weighted by Crippen LogP contribution is 2.29. The number of pyridine rings is 1. The number of fused-ring (bicyclic) bond motifs is 1. The second-order valence-corrected chi connectivity index (χ2v) is 6.49. The van der Waals surface area contributed by atoms with Gasteiger partial charge in [-0.2, -0.15) is 0 Å². The van der Waals surface area contributed by atoms with Gasteiger partial charge in [0.2, 0.25) is 0 Å². The zero-order chi connectivity index (χ0) is 16.6. The Morgan fingerprint density at radius 1 is 1.30 bits per heavy atom. The molecule has 1 aromatic heterocycles. The normalized spacial score (nSPS) is 15.7. The number of aromatic hydroxyl groups is 1. The van der Waals surface area contributed by atoms with Crippen molar-refractivity contribution in [2.75, 3.05) is 0 Å². The Kier molecular flexibility index (Phi) is 4.31. The monoisotopic (exact) mass is 334 g/mol. The van der Waals surface area contributed by atoms with E-state index in [2.05, 4.69) is 5.32 Å². The zero-order valence-corrected chi connectivity index (χ0v) is 13.7. The molecule has 0 radical (unpaired) electrons. The van der Waals surface area contributed by atoms with Gasteiger partial charge in [-0.1, -0.05) is 30.9 Å². The van der Waals surface area contributed by atoms with E-state index in [1.165, 1.54) is 11.0 Å². The molecule has 2 N–H and O–H groups in total. The molecule has 23 heavy (non-hydrogen) atoms. The van der Waals surface area contributed by atoms with Gasteiger partial charge in [-0.15, -0.1) is 0 Å². The molecule has 1 aliphatic rings. The van der Waals surface area contributed by atoms with Gasteiger partial charge in [-0.3, -0.25) is 9.59 Å². The number of rotatable bonds is 2. The summed E-state index contributed by atoms with van der Waals surface area (Å²) in [6.07, 6.45) is 5.14. The third-order valence-electron chi connectivity index (χ3n) is 4.50. The number of hydrogen-bond acceptors (Lipinski definition) is 3. The van der Waals surface area contributed by atoms with Crippen molar-refractivity contribution >= 4 is 28.4 Å². The Bertz CT molecular complexity index is 823. The summed E-state index contributed by atoms with van der Waals surface area (Å²) in [5.41, 5.74) is -0.190. The second kappa shape index (κ2) is 6.24. The highest BCUT2D eigenvalue weighted by atomic mass is 35.5. The van der Waals surface area contributed by atoms with E-state index in [1.807, 2.05) is 0 Å². The molecule has 0 unspecified atom stereocenters. The quantitative estimate of drug-likeness (QED) is 0.887. The van der Waals surface area contributed by atoms with Crippen LogP contribution in [0.15, 0.2) is 23.0 Å². The number of amides is 1. The molecule has 1 fully saturated rings. The zero-order valence-electron chi connectivity index (χ0n) is 12.9. The topological polar surface area (TPSA) is 71.3 Å². The molecule has 0 spiro atoms. The predicted molar refractivity (Wildman–Crippen MR) is 90.2 cm³/mol. The molecule has 6 heteroatoms. The summed E-state index contributed by atoms with van der Waals surface area (Å²) in [4.78, 5) is 25.0. The fourth-order valence-electron chi connectivity index (χ4n) is 3.21. The molecule has 1 heterocycles. The molecule has 1 amide bonds.